The molecule has 6 nitrogen and oxygen atoms in total. The van der Waals surface area contributed by atoms with Crippen LogP contribution < -0.4 is 10.0 Å². The molecule has 0 bridgehead atoms. The molecule has 1 aromatic rings. The summed E-state index contributed by atoms with van der Waals surface area (Å²) in [6.07, 6.45) is -0.842. The van der Waals surface area contributed by atoms with Gasteiger partial charge in [-0.15, -0.1) is 0 Å². The lowest BCUT2D eigenvalue weighted by Gasteiger charge is -2.12. The van der Waals surface area contributed by atoms with Crippen LogP contribution in [0.2, 0.25) is 0 Å². The van der Waals surface area contributed by atoms with E-state index in [-0.39, 0.29) is 24.0 Å². The zero-order valence-corrected chi connectivity index (χ0v) is 12.5. The van der Waals surface area contributed by atoms with Crippen molar-refractivity contribution in [3.63, 3.8) is 0 Å². The summed E-state index contributed by atoms with van der Waals surface area (Å²) in [6, 6.07) is 6.23. The number of aliphatic hydroxyl groups excluding tert-OH is 2. The topological polar surface area (TPSA) is 98.7 Å². The van der Waals surface area contributed by atoms with Crippen LogP contribution in [0.3, 0.4) is 0 Å². The SMILES string of the molecule is CC(C)CNS(=O)(=O)c1ccc(NCC(O)CO)cc1. The van der Waals surface area contributed by atoms with Gasteiger partial charge in [0.1, 0.15) is 0 Å². The van der Waals surface area contributed by atoms with E-state index < -0.39 is 16.1 Å². The largest absolute Gasteiger partial charge is 0.394 e. The number of hydrogen-bond donors (Lipinski definition) is 4. The molecule has 1 unspecified atom stereocenters. The van der Waals surface area contributed by atoms with Crippen LogP contribution in [-0.4, -0.2) is 44.4 Å². The number of rotatable bonds is 8. The lowest BCUT2D eigenvalue weighted by atomic mass is 10.2. The van der Waals surface area contributed by atoms with E-state index in [2.05, 4.69) is 10.0 Å². The number of aliphatic hydroxyl groups is 2. The molecule has 7 heteroatoms. The minimum atomic E-state index is -3.48. The average Bonchev–Trinajstić information content (AvgIpc) is 2.43. The van der Waals surface area contributed by atoms with E-state index in [0.717, 1.165) is 0 Å². The van der Waals surface area contributed by atoms with Crippen molar-refractivity contribution >= 4 is 15.7 Å². The Morgan fingerprint density at radius 2 is 1.75 bits per heavy atom. The molecule has 0 spiro atoms. The third-order valence-corrected chi connectivity index (χ3v) is 4.04. The van der Waals surface area contributed by atoms with Crippen LogP contribution in [0.25, 0.3) is 0 Å². The third-order valence-electron chi connectivity index (χ3n) is 2.60. The Morgan fingerprint density at radius 1 is 1.15 bits per heavy atom. The van der Waals surface area contributed by atoms with E-state index in [9.17, 15) is 13.5 Å². The van der Waals surface area contributed by atoms with Crippen molar-refractivity contribution in [3.8, 4) is 0 Å². The first-order valence-electron chi connectivity index (χ1n) is 6.47. The predicted molar refractivity (Wildman–Crippen MR) is 78.1 cm³/mol. The van der Waals surface area contributed by atoms with Crippen molar-refractivity contribution in [1.82, 2.24) is 4.72 Å². The quantitative estimate of drug-likeness (QED) is 0.557. The molecule has 0 aromatic heterocycles. The Bertz CT molecular complexity index is 500. The van der Waals surface area contributed by atoms with Gasteiger partial charge in [-0.05, 0) is 30.2 Å². The number of hydrogen-bond acceptors (Lipinski definition) is 5. The van der Waals surface area contributed by atoms with Crippen molar-refractivity contribution in [3.05, 3.63) is 24.3 Å². The van der Waals surface area contributed by atoms with Gasteiger partial charge >= 0.3 is 0 Å². The van der Waals surface area contributed by atoms with Crippen molar-refractivity contribution in [2.75, 3.05) is 25.0 Å². The molecule has 20 heavy (non-hydrogen) atoms. The van der Waals surface area contributed by atoms with Gasteiger partial charge in [-0.3, -0.25) is 0 Å². The molecule has 1 rings (SSSR count). The van der Waals surface area contributed by atoms with Gasteiger partial charge in [-0.1, -0.05) is 13.8 Å². The highest BCUT2D eigenvalue weighted by Crippen LogP contribution is 2.14. The fourth-order valence-electron chi connectivity index (χ4n) is 1.41. The number of anilines is 1. The molecule has 4 N–H and O–H groups in total. The van der Waals surface area contributed by atoms with Crippen molar-refractivity contribution in [1.29, 1.82) is 0 Å². The Labute approximate surface area is 119 Å². The Morgan fingerprint density at radius 3 is 2.25 bits per heavy atom. The van der Waals surface area contributed by atoms with Crippen LogP contribution in [0.4, 0.5) is 5.69 Å². The van der Waals surface area contributed by atoms with E-state index >= 15 is 0 Å². The van der Waals surface area contributed by atoms with Crippen LogP contribution in [-0.2, 0) is 10.0 Å². The van der Waals surface area contributed by atoms with Gasteiger partial charge in [0.2, 0.25) is 10.0 Å². The minimum Gasteiger partial charge on any atom is -0.394 e. The zero-order chi connectivity index (χ0) is 15.2. The number of nitrogens with one attached hydrogen (secondary N) is 2. The van der Waals surface area contributed by atoms with Crippen molar-refractivity contribution in [2.45, 2.75) is 24.8 Å². The maximum Gasteiger partial charge on any atom is 0.240 e. The number of benzene rings is 1. The first-order valence-corrected chi connectivity index (χ1v) is 7.96. The molecule has 114 valence electrons. The summed E-state index contributed by atoms with van der Waals surface area (Å²) in [6.45, 7) is 4.14. The highest BCUT2D eigenvalue weighted by Gasteiger charge is 2.13. The van der Waals surface area contributed by atoms with Crippen LogP contribution in [0.5, 0.6) is 0 Å². The van der Waals surface area contributed by atoms with Gasteiger partial charge in [-0.2, -0.15) is 0 Å². The van der Waals surface area contributed by atoms with E-state index in [1.165, 1.54) is 12.1 Å². The second-order valence-corrected chi connectivity index (χ2v) is 6.75. The average molecular weight is 302 g/mol. The Balaban J connectivity index is 2.66. The van der Waals surface area contributed by atoms with E-state index in [0.29, 0.717) is 12.2 Å². The summed E-state index contributed by atoms with van der Waals surface area (Å²) in [4.78, 5) is 0.200. The Hall–Kier alpha value is -1.15. The second kappa shape index (κ2) is 7.58. The molecule has 0 saturated heterocycles. The smallest absolute Gasteiger partial charge is 0.240 e. The standard InChI is InChI=1S/C13H22N2O4S/c1-10(2)7-15-20(18,19)13-5-3-11(4-6-13)14-8-12(17)9-16/h3-6,10,12,14-17H,7-9H2,1-2H3. The van der Waals surface area contributed by atoms with Crippen LogP contribution in [0, 0.1) is 5.92 Å². The van der Waals surface area contributed by atoms with E-state index in [1.807, 2.05) is 13.8 Å². The van der Waals surface area contributed by atoms with Gasteiger partial charge in [0.05, 0.1) is 17.6 Å². The number of sulfonamides is 1. The van der Waals surface area contributed by atoms with Crippen LogP contribution in [0.1, 0.15) is 13.8 Å². The highest BCUT2D eigenvalue weighted by molar-refractivity contribution is 7.89. The zero-order valence-electron chi connectivity index (χ0n) is 11.7. The normalized spacial score (nSPS) is 13.4. The van der Waals surface area contributed by atoms with E-state index in [1.54, 1.807) is 12.1 Å². The summed E-state index contributed by atoms with van der Waals surface area (Å²) in [5.41, 5.74) is 0.681. The summed E-state index contributed by atoms with van der Waals surface area (Å²) in [5, 5.41) is 20.8. The van der Waals surface area contributed by atoms with Gasteiger partial charge in [0.25, 0.3) is 0 Å². The van der Waals surface area contributed by atoms with Crippen molar-refractivity contribution in [2.24, 2.45) is 5.92 Å². The molecular weight excluding hydrogens is 280 g/mol. The summed E-state index contributed by atoms with van der Waals surface area (Å²) in [5.74, 6) is 0.241. The lowest BCUT2D eigenvalue weighted by molar-refractivity contribution is 0.105. The molecular formula is C13H22N2O4S. The second-order valence-electron chi connectivity index (χ2n) is 4.99. The molecule has 1 atom stereocenters. The van der Waals surface area contributed by atoms with Gasteiger partial charge < -0.3 is 15.5 Å². The Kier molecular flexibility index (Phi) is 6.41. The maximum absolute atomic E-state index is 12.0. The van der Waals surface area contributed by atoms with Gasteiger partial charge in [0, 0.05) is 18.8 Å². The minimum absolute atomic E-state index is 0.200. The monoisotopic (exact) mass is 302 g/mol. The summed E-state index contributed by atoms with van der Waals surface area (Å²) < 4.78 is 26.4. The first-order chi connectivity index (χ1) is 9.35. The highest BCUT2D eigenvalue weighted by atomic mass is 32.2. The predicted octanol–water partition coefficient (Wildman–Crippen LogP) is 0.386. The third kappa shape index (κ3) is 5.46. The molecule has 0 aliphatic rings. The molecule has 0 aliphatic heterocycles. The lowest BCUT2D eigenvalue weighted by Crippen LogP contribution is -2.27. The van der Waals surface area contributed by atoms with Crippen LogP contribution in [0.15, 0.2) is 29.2 Å². The molecule has 0 radical (unpaired) electrons. The molecule has 0 fully saturated rings. The molecule has 0 amide bonds. The van der Waals surface area contributed by atoms with Gasteiger partial charge in [-0.25, -0.2) is 13.1 Å². The fraction of sp³-hybridized carbons (Fsp3) is 0.538. The van der Waals surface area contributed by atoms with Crippen LogP contribution >= 0.6 is 0 Å². The maximum atomic E-state index is 12.0. The molecule has 1 aromatic carbocycles. The fourth-order valence-corrected chi connectivity index (χ4v) is 2.63. The van der Waals surface area contributed by atoms with E-state index in [4.69, 9.17) is 5.11 Å². The molecule has 0 heterocycles. The summed E-state index contributed by atoms with van der Waals surface area (Å²) >= 11 is 0. The summed E-state index contributed by atoms with van der Waals surface area (Å²) in [7, 11) is -3.48. The van der Waals surface area contributed by atoms with Gasteiger partial charge in [0.15, 0.2) is 0 Å². The molecule has 0 saturated carbocycles. The molecule has 0 aliphatic carbocycles. The first kappa shape index (κ1) is 16.9. The van der Waals surface area contributed by atoms with Crippen molar-refractivity contribution < 1.29 is 18.6 Å².